The molecule has 2 heterocycles. The summed E-state index contributed by atoms with van der Waals surface area (Å²) in [5.74, 6) is -7.99. The average molecular weight is 397 g/mol. The zero-order chi connectivity index (χ0) is 20.6. The Labute approximate surface area is 155 Å². The number of carbonyl (C=O) groups excluding carboxylic acids is 1. The number of aliphatic carboxylic acids is 1. The second-order valence-corrected chi connectivity index (χ2v) is 6.27. The van der Waals surface area contributed by atoms with Crippen LogP contribution in [0, 0.1) is 11.8 Å². The van der Waals surface area contributed by atoms with Gasteiger partial charge in [0.05, 0.1) is 17.5 Å². The summed E-state index contributed by atoms with van der Waals surface area (Å²) in [6.07, 6.45) is -4.78. The maximum atomic E-state index is 13.1. The molecule has 1 aliphatic rings. The first-order chi connectivity index (χ1) is 13.1. The molecule has 2 N–H and O–H groups in total. The zero-order valence-electron chi connectivity index (χ0n) is 14.1. The highest BCUT2D eigenvalue weighted by molar-refractivity contribution is 5.96. The second-order valence-electron chi connectivity index (χ2n) is 6.27. The largest absolute Gasteiger partial charge is 0.481 e. The minimum absolute atomic E-state index is 0.344. The van der Waals surface area contributed by atoms with Gasteiger partial charge in [-0.15, -0.1) is 0 Å². The summed E-state index contributed by atoms with van der Waals surface area (Å²) in [5, 5.41) is 22.3. The quantitative estimate of drug-likeness (QED) is 0.815. The highest BCUT2D eigenvalue weighted by Gasteiger charge is 2.53. The summed E-state index contributed by atoms with van der Waals surface area (Å²) in [6, 6.07) is 8.97. The van der Waals surface area contributed by atoms with E-state index in [4.69, 9.17) is 5.11 Å². The fourth-order valence-corrected chi connectivity index (χ4v) is 3.12. The van der Waals surface area contributed by atoms with Crippen LogP contribution in [0.2, 0.25) is 0 Å². The Balaban J connectivity index is 1.93. The molecule has 1 saturated heterocycles. The zero-order valence-corrected chi connectivity index (χ0v) is 14.1. The number of carboxylic acid groups (broad SMARTS) is 2. The number of hydrogen-bond acceptors (Lipinski definition) is 4. The van der Waals surface area contributed by atoms with E-state index in [9.17, 15) is 32.7 Å². The molecule has 2 atom stereocenters. The van der Waals surface area contributed by atoms with Crippen LogP contribution in [-0.2, 0) is 4.79 Å². The van der Waals surface area contributed by atoms with Gasteiger partial charge in [0.2, 0.25) is 0 Å². The van der Waals surface area contributed by atoms with Crippen molar-refractivity contribution in [3.8, 4) is 5.69 Å². The highest BCUT2D eigenvalue weighted by Crippen LogP contribution is 2.38. The Kier molecular flexibility index (Phi) is 4.84. The molecule has 1 aromatic carbocycles. The van der Waals surface area contributed by atoms with Crippen LogP contribution in [0.25, 0.3) is 5.69 Å². The van der Waals surface area contributed by atoms with Crippen molar-refractivity contribution < 1.29 is 37.8 Å². The number of amides is 1. The Morgan fingerprint density at radius 1 is 1.07 bits per heavy atom. The number of alkyl halides is 3. The van der Waals surface area contributed by atoms with Gasteiger partial charge in [-0.05, 0) is 12.1 Å². The summed E-state index contributed by atoms with van der Waals surface area (Å²) < 4.78 is 40.3. The summed E-state index contributed by atoms with van der Waals surface area (Å²) in [4.78, 5) is 36.0. The van der Waals surface area contributed by atoms with E-state index in [0.717, 1.165) is 15.6 Å². The average Bonchev–Trinajstić information content (AvgIpc) is 3.27. The molecule has 0 bridgehead atoms. The number of aromatic nitrogens is 2. The van der Waals surface area contributed by atoms with E-state index in [1.807, 2.05) is 0 Å². The molecule has 1 aliphatic heterocycles. The number of halogens is 3. The predicted molar refractivity (Wildman–Crippen MR) is 87.1 cm³/mol. The normalized spacial score (nSPS) is 19.6. The number of hydrogen-bond donors (Lipinski definition) is 2. The van der Waals surface area contributed by atoms with E-state index < -0.39 is 48.9 Å². The van der Waals surface area contributed by atoms with Crippen LogP contribution in [-0.4, -0.2) is 62.0 Å². The lowest BCUT2D eigenvalue weighted by molar-refractivity contribution is -0.187. The molecule has 1 amide bonds. The number of nitrogens with zero attached hydrogens (tertiary/aromatic N) is 3. The third-order valence-electron chi connectivity index (χ3n) is 4.49. The molecule has 8 nitrogen and oxygen atoms in total. The molecule has 0 saturated carbocycles. The van der Waals surface area contributed by atoms with Gasteiger partial charge in [0.1, 0.15) is 0 Å². The molecule has 3 rings (SSSR count). The van der Waals surface area contributed by atoms with Gasteiger partial charge in [-0.1, -0.05) is 18.2 Å². The van der Waals surface area contributed by atoms with E-state index >= 15 is 0 Å². The van der Waals surface area contributed by atoms with E-state index in [-0.39, 0.29) is 11.4 Å². The lowest BCUT2D eigenvalue weighted by atomic mass is 9.96. The third-order valence-corrected chi connectivity index (χ3v) is 4.49. The number of likely N-dealkylation sites (tertiary alicyclic amines) is 1. The van der Waals surface area contributed by atoms with Crippen molar-refractivity contribution in [2.75, 3.05) is 13.1 Å². The fraction of sp³-hybridized carbons (Fsp3) is 0.294. The van der Waals surface area contributed by atoms with E-state index in [1.165, 1.54) is 0 Å². The summed E-state index contributed by atoms with van der Waals surface area (Å²) in [6.45, 7) is -1.47. The highest BCUT2D eigenvalue weighted by atomic mass is 19.4. The molecule has 0 spiro atoms. The minimum Gasteiger partial charge on any atom is -0.481 e. The molecule has 11 heteroatoms. The smallest absolute Gasteiger partial charge is 0.394 e. The van der Waals surface area contributed by atoms with Crippen molar-refractivity contribution in [2.24, 2.45) is 11.8 Å². The van der Waals surface area contributed by atoms with E-state index in [2.05, 4.69) is 5.10 Å². The predicted octanol–water partition coefficient (Wildman–Crippen LogP) is 1.91. The van der Waals surface area contributed by atoms with Crippen LogP contribution in [0.3, 0.4) is 0 Å². The van der Waals surface area contributed by atoms with Gasteiger partial charge < -0.3 is 15.1 Å². The minimum atomic E-state index is -4.78. The van der Waals surface area contributed by atoms with Crippen LogP contribution < -0.4 is 0 Å². The summed E-state index contributed by atoms with van der Waals surface area (Å²) >= 11 is 0. The van der Waals surface area contributed by atoms with Crippen LogP contribution in [0.1, 0.15) is 21.0 Å². The monoisotopic (exact) mass is 397 g/mol. The molecular formula is C17H14F3N3O5. The Bertz CT molecular complexity index is 926. The number of carbonyl (C=O) groups is 3. The van der Waals surface area contributed by atoms with Gasteiger partial charge in [-0.2, -0.15) is 18.3 Å². The third kappa shape index (κ3) is 3.55. The summed E-state index contributed by atoms with van der Waals surface area (Å²) in [7, 11) is 0. The molecule has 0 aliphatic carbocycles. The molecule has 1 aromatic heterocycles. The number of rotatable bonds is 4. The second kappa shape index (κ2) is 6.98. The topological polar surface area (TPSA) is 113 Å². The van der Waals surface area contributed by atoms with Gasteiger partial charge in [-0.25, -0.2) is 9.48 Å². The van der Waals surface area contributed by atoms with Crippen molar-refractivity contribution in [3.63, 3.8) is 0 Å². The Hall–Kier alpha value is -3.37. The van der Waals surface area contributed by atoms with Crippen molar-refractivity contribution in [1.29, 1.82) is 0 Å². The first kappa shape index (κ1) is 19.4. The number of carboxylic acids is 2. The van der Waals surface area contributed by atoms with Crippen LogP contribution in [0.5, 0.6) is 0 Å². The van der Waals surface area contributed by atoms with Crippen molar-refractivity contribution >= 4 is 17.8 Å². The standard InChI is InChI=1S/C17H14F3N3O5/c18-17(19,20)11-8-22(7-10(11)15(25)26)14(24)12-6-13(16(27)28)23(21-12)9-4-2-1-3-5-9/h1-6,10-11H,7-8H2,(H,25,26)(H,27,28)/t10-,11-/m1/s1. The molecule has 1 fully saturated rings. The molecular weight excluding hydrogens is 383 g/mol. The van der Waals surface area contributed by atoms with E-state index in [1.54, 1.807) is 30.3 Å². The molecule has 28 heavy (non-hydrogen) atoms. The van der Waals surface area contributed by atoms with Crippen LogP contribution in [0.4, 0.5) is 13.2 Å². The van der Waals surface area contributed by atoms with Crippen molar-refractivity contribution in [1.82, 2.24) is 14.7 Å². The van der Waals surface area contributed by atoms with Gasteiger partial charge >= 0.3 is 18.1 Å². The maximum absolute atomic E-state index is 13.1. The van der Waals surface area contributed by atoms with Gasteiger partial charge in [0.15, 0.2) is 11.4 Å². The maximum Gasteiger partial charge on any atom is 0.394 e. The van der Waals surface area contributed by atoms with Gasteiger partial charge in [0.25, 0.3) is 5.91 Å². The first-order valence-electron chi connectivity index (χ1n) is 8.07. The van der Waals surface area contributed by atoms with Crippen LogP contribution in [0.15, 0.2) is 36.4 Å². The SMILES string of the molecule is O=C(O)c1cc(C(=O)N2C[C@@H](C(F)(F)F)[C@H](C(=O)O)C2)nn1-c1ccccc1. The number of aromatic carboxylic acids is 1. The van der Waals surface area contributed by atoms with Crippen molar-refractivity contribution in [2.45, 2.75) is 6.18 Å². The lowest BCUT2D eigenvalue weighted by Gasteiger charge is -2.18. The molecule has 2 aromatic rings. The van der Waals surface area contributed by atoms with E-state index in [0.29, 0.717) is 5.69 Å². The van der Waals surface area contributed by atoms with Gasteiger partial charge in [0, 0.05) is 19.2 Å². The molecule has 148 valence electrons. The first-order valence-corrected chi connectivity index (χ1v) is 8.07. The fourth-order valence-electron chi connectivity index (χ4n) is 3.12. The van der Waals surface area contributed by atoms with Crippen LogP contribution >= 0.6 is 0 Å². The number of para-hydroxylation sites is 1. The van der Waals surface area contributed by atoms with Crippen molar-refractivity contribution in [3.05, 3.63) is 47.8 Å². The molecule has 0 radical (unpaired) electrons. The molecule has 0 unspecified atom stereocenters. The van der Waals surface area contributed by atoms with Gasteiger partial charge in [-0.3, -0.25) is 9.59 Å². The Morgan fingerprint density at radius 2 is 1.71 bits per heavy atom. The Morgan fingerprint density at radius 3 is 2.21 bits per heavy atom. The number of benzene rings is 1. The lowest BCUT2D eigenvalue weighted by Crippen LogP contribution is -2.34. The summed E-state index contributed by atoms with van der Waals surface area (Å²) in [5.41, 5.74) is -0.388.